The molecule has 0 amide bonds. The van der Waals surface area contributed by atoms with E-state index < -0.39 is 21.4 Å². The molecule has 11 heteroatoms. The maximum absolute atomic E-state index is 13.4. The highest BCUT2D eigenvalue weighted by atomic mass is 35.5. The highest BCUT2D eigenvalue weighted by Gasteiger charge is 2.31. The third-order valence-corrected chi connectivity index (χ3v) is 8.70. The summed E-state index contributed by atoms with van der Waals surface area (Å²) >= 11 is 19.7. The Morgan fingerprint density at radius 2 is 1.77 bits per heavy atom. The van der Waals surface area contributed by atoms with E-state index >= 15 is 0 Å². The summed E-state index contributed by atoms with van der Waals surface area (Å²) in [6.07, 6.45) is 1.15. The van der Waals surface area contributed by atoms with Crippen molar-refractivity contribution < 1.29 is 18.3 Å². The molecule has 2 aromatic rings. The summed E-state index contributed by atoms with van der Waals surface area (Å²) in [5.41, 5.74) is 0.296. The second-order valence-corrected chi connectivity index (χ2v) is 11.3. The minimum atomic E-state index is -3.91. The second-order valence-electron chi connectivity index (χ2n) is 6.93. The van der Waals surface area contributed by atoms with Crippen LogP contribution < -0.4 is 4.31 Å². The normalized spacial score (nSPS) is 17.1. The number of carboxylic acid groups (broad SMARTS) is 1. The third kappa shape index (κ3) is 6.00. The van der Waals surface area contributed by atoms with Gasteiger partial charge in [-0.15, -0.1) is 11.8 Å². The van der Waals surface area contributed by atoms with E-state index in [9.17, 15) is 18.3 Å². The second kappa shape index (κ2) is 10.6. The molecule has 1 atom stereocenters. The van der Waals surface area contributed by atoms with E-state index in [0.29, 0.717) is 41.7 Å². The number of sulfonamides is 1. The zero-order valence-electron chi connectivity index (χ0n) is 16.4. The summed E-state index contributed by atoms with van der Waals surface area (Å²) in [4.78, 5) is 13.3. The molecule has 0 aromatic heterocycles. The van der Waals surface area contributed by atoms with Crippen molar-refractivity contribution in [1.29, 1.82) is 0 Å². The molecule has 1 fully saturated rings. The third-order valence-electron chi connectivity index (χ3n) is 4.83. The molecule has 2 aromatic carbocycles. The highest BCUT2D eigenvalue weighted by molar-refractivity contribution is 8.00. The molecule has 0 saturated carbocycles. The lowest BCUT2D eigenvalue weighted by Gasteiger charge is -2.26. The molecule has 0 spiro atoms. The Balaban J connectivity index is 1.79. The predicted octanol–water partition coefficient (Wildman–Crippen LogP) is 5.08. The van der Waals surface area contributed by atoms with Crippen LogP contribution in [0.3, 0.4) is 0 Å². The highest BCUT2D eigenvalue weighted by Crippen LogP contribution is 2.33. The van der Waals surface area contributed by atoms with Crippen LogP contribution in [0.15, 0.2) is 47.4 Å². The van der Waals surface area contributed by atoms with E-state index in [1.54, 1.807) is 12.1 Å². The topological polar surface area (TPSA) is 77.9 Å². The summed E-state index contributed by atoms with van der Waals surface area (Å²) in [5.74, 6) is -0.0771. The van der Waals surface area contributed by atoms with Crippen LogP contribution in [0.4, 0.5) is 5.69 Å². The van der Waals surface area contributed by atoms with Crippen molar-refractivity contribution in [2.24, 2.45) is 0 Å². The van der Waals surface area contributed by atoms with Gasteiger partial charge in [0.15, 0.2) is 5.37 Å². The Hall–Kier alpha value is -1.16. The first-order valence-corrected chi connectivity index (χ1v) is 13.1. The van der Waals surface area contributed by atoms with Gasteiger partial charge in [-0.25, -0.2) is 13.2 Å². The maximum Gasteiger partial charge on any atom is 0.331 e. The van der Waals surface area contributed by atoms with Crippen LogP contribution in [-0.2, 0) is 14.8 Å². The van der Waals surface area contributed by atoms with Crippen molar-refractivity contribution in [3.8, 4) is 0 Å². The van der Waals surface area contributed by atoms with Gasteiger partial charge in [-0.3, -0.25) is 9.21 Å². The Kier molecular flexibility index (Phi) is 8.40. The number of carbonyl (C=O) groups is 1. The molecule has 168 valence electrons. The van der Waals surface area contributed by atoms with E-state index in [1.807, 2.05) is 4.90 Å². The van der Waals surface area contributed by atoms with E-state index in [0.717, 1.165) is 5.75 Å². The first-order valence-electron chi connectivity index (χ1n) is 9.52. The Labute approximate surface area is 201 Å². The number of halogens is 3. The lowest BCUT2D eigenvalue weighted by atomic mass is 10.2. The molecule has 1 saturated heterocycles. The SMILES string of the molecule is O=C(O)C1SCCN1CCCCN(c1cc(Cl)ccc1Cl)S(=O)(=O)c1ccc(Cl)cc1. The van der Waals surface area contributed by atoms with Crippen LogP contribution in [-0.4, -0.2) is 55.2 Å². The van der Waals surface area contributed by atoms with Crippen molar-refractivity contribution in [1.82, 2.24) is 4.90 Å². The van der Waals surface area contributed by atoms with Crippen LogP contribution in [0.2, 0.25) is 15.1 Å². The number of anilines is 1. The summed E-state index contributed by atoms with van der Waals surface area (Å²) in [6.45, 7) is 1.44. The monoisotopic (exact) mass is 522 g/mol. The van der Waals surface area contributed by atoms with Crippen LogP contribution >= 0.6 is 46.6 Å². The number of thioether (sulfide) groups is 1. The largest absolute Gasteiger partial charge is 0.479 e. The van der Waals surface area contributed by atoms with Gasteiger partial charge in [-0.2, -0.15) is 0 Å². The van der Waals surface area contributed by atoms with Gasteiger partial charge < -0.3 is 5.11 Å². The molecule has 1 aliphatic rings. The Morgan fingerprint density at radius 3 is 2.45 bits per heavy atom. The maximum atomic E-state index is 13.4. The zero-order chi connectivity index (χ0) is 22.6. The van der Waals surface area contributed by atoms with E-state index in [-0.39, 0.29) is 16.5 Å². The van der Waals surface area contributed by atoms with Crippen molar-refractivity contribution in [2.45, 2.75) is 23.1 Å². The van der Waals surface area contributed by atoms with E-state index in [1.165, 1.54) is 46.4 Å². The molecule has 1 N–H and O–H groups in total. The van der Waals surface area contributed by atoms with Gasteiger partial charge >= 0.3 is 5.97 Å². The molecule has 0 bridgehead atoms. The predicted molar refractivity (Wildman–Crippen MR) is 127 cm³/mol. The first-order chi connectivity index (χ1) is 14.7. The van der Waals surface area contributed by atoms with E-state index in [4.69, 9.17) is 34.8 Å². The van der Waals surface area contributed by atoms with Gasteiger partial charge in [0, 0.05) is 28.9 Å². The number of benzene rings is 2. The Morgan fingerprint density at radius 1 is 1.10 bits per heavy atom. The summed E-state index contributed by atoms with van der Waals surface area (Å²) in [5, 5.41) is 9.82. The molecule has 6 nitrogen and oxygen atoms in total. The number of aliphatic carboxylic acids is 1. The molecule has 1 heterocycles. The van der Waals surface area contributed by atoms with Crippen LogP contribution in [0.5, 0.6) is 0 Å². The number of rotatable bonds is 9. The summed E-state index contributed by atoms with van der Waals surface area (Å²) in [7, 11) is -3.91. The lowest BCUT2D eigenvalue weighted by Crippen LogP contribution is -2.36. The molecule has 0 aliphatic carbocycles. The number of hydrogen-bond donors (Lipinski definition) is 1. The van der Waals surface area contributed by atoms with Gasteiger partial charge in [0.2, 0.25) is 0 Å². The van der Waals surface area contributed by atoms with Gasteiger partial charge in [-0.1, -0.05) is 34.8 Å². The molecule has 3 rings (SSSR count). The number of nitrogens with zero attached hydrogens (tertiary/aromatic N) is 2. The van der Waals surface area contributed by atoms with E-state index in [2.05, 4.69) is 0 Å². The average Bonchev–Trinajstić information content (AvgIpc) is 3.19. The minimum absolute atomic E-state index is 0.0924. The van der Waals surface area contributed by atoms with Crippen molar-refractivity contribution >= 4 is 68.2 Å². The zero-order valence-corrected chi connectivity index (χ0v) is 20.3. The molecular weight excluding hydrogens is 503 g/mol. The number of unbranched alkanes of at least 4 members (excludes halogenated alkanes) is 1. The quantitative estimate of drug-likeness (QED) is 0.462. The molecule has 1 unspecified atom stereocenters. The average molecular weight is 524 g/mol. The van der Waals surface area contributed by atoms with Gasteiger partial charge in [0.1, 0.15) is 0 Å². The van der Waals surface area contributed by atoms with Crippen LogP contribution in [0.25, 0.3) is 0 Å². The van der Waals surface area contributed by atoms with Crippen LogP contribution in [0.1, 0.15) is 12.8 Å². The molecule has 31 heavy (non-hydrogen) atoms. The lowest BCUT2D eigenvalue weighted by molar-refractivity contribution is -0.139. The molecular formula is C20H21Cl3N2O4S2. The fourth-order valence-electron chi connectivity index (χ4n) is 3.31. The van der Waals surface area contributed by atoms with Crippen molar-refractivity contribution in [3.63, 3.8) is 0 Å². The standard InChI is InChI=1S/C20H21Cl3N2O4S2/c21-14-3-6-16(7-4-14)31(28,29)25(18-13-15(22)5-8-17(18)23)10-2-1-9-24-11-12-30-19(24)20(26)27/h3-8,13,19H,1-2,9-12H2,(H,26,27). The minimum Gasteiger partial charge on any atom is -0.479 e. The summed E-state index contributed by atoms with van der Waals surface area (Å²) in [6, 6.07) is 10.6. The molecule has 0 radical (unpaired) electrons. The van der Waals surface area contributed by atoms with Gasteiger partial charge in [0.25, 0.3) is 10.0 Å². The fourth-order valence-corrected chi connectivity index (χ4v) is 6.52. The van der Waals surface area contributed by atoms with Crippen molar-refractivity contribution in [3.05, 3.63) is 57.5 Å². The van der Waals surface area contributed by atoms with Crippen molar-refractivity contribution in [2.75, 3.05) is 29.7 Å². The Bertz CT molecular complexity index is 1040. The number of hydrogen-bond acceptors (Lipinski definition) is 5. The summed E-state index contributed by atoms with van der Waals surface area (Å²) < 4.78 is 28.0. The van der Waals surface area contributed by atoms with Gasteiger partial charge in [-0.05, 0) is 61.9 Å². The van der Waals surface area contributed by atoms with Gasteiger partial charge in [0.05, 0.1) is 15.6 Å². The first kappa shape index (κ1) is 24.5. The number of carboxylic acids is 1. The fraction of sp³-hybridized carbons (Fsp3) is 0.350. The van der Waals surface area contributed by atoms with Crippen LogP contribution in [0, 0.1) is 0 Å². The smallest absolute Gasteiger partial charge is 0.331 e. The molecule has 1 aliphatic heterocycles.